The van der Waals surface area contributed by atoms with Gasteiger partial charge in [-0.3, -0.25) is 4.79 Å². The zero-order valence-corrected chi connectivity index (χ0v) is 15.0. The maximum atomic E-state index is 12.0. The molecule has 1 rings (SSSR count). The van der Waals surface area contributed by atoms with Crippen LogP contribution in [0.3, 0.4) is 0 Å². The van der Waals surface area contributed by atoms with E-state index in [9.17, 15) is 4.79 Å². The van der Waals surface area contributed by atoms with E-state index in [1.807, 2.05) is 25.1 Å². The average Bonchev–Trinajstić information content (AvgIpc) is 2.45. The largest absolute Gasteiger partial charge is 0.352 e. The summed E-state index contributed by atoms with van der Waals surface area (Å²) in [5, 5.41) is 3.00. The molecular formula is C18H28BrNO. The highest BCUT2D eigenvalue weighted by Gasteiger charge is 2.08. The summed E-state index contributed by atoms with van der Waals surface area (Å²) < 4.78 is 0.871. The van der Waals surface area contributed by atoms with Crippen molar-refractivity contribution in [2.45, 2.75) is 65.2 Å². The van der Waals surface area contributed by atoms with E-state index in [2.05, 4.69) is 28.2 Å². The summed E-state index contributed by atoms with van der Waals surface area (Å²) in [6, 6.07) is 5.82. The zero-order chi connectivity index (χ0) is 15.5. The Morgan fingerprint density at radius 1 is 1.05 bits per heavy atom. The normalized spacial score (nSPS) is 10.6. The van der Waals surface area contributed by atoms with Crippen LogP contribution in [0.15, 0.2) is 22.7 Å². The number of benzene rings is 1. The molecule has 0 heterocycles. The Morgan fingerprint density at radius 2 is 1.67 bits per heavy atom. The van der Waals surface area contributed by atoms with Gasteiger partial charge in [-0.25, -0.2) is 0 Å². The third kappa shape index (κ3) is 7.66. The summed E-state index contributed by atoms with van der Waals surface area (Å²) in [5.74, 6) is 0.0184. The van der Waals surface area contributed by atoms with Crippen molar-refractivity contribution in [2.75, 3.05) is 6.54 Å². The predicted molar refractivity (Wildman–Crippen MR) is 93.8 cm³/mol. The fraction of sp³-hybridized carbons (Fsp3) is 0.611. The van der Waals surface area contributed by atoms with Crippen molar-refractivity contribution in [1.29, 1.82) is 0 Å². The molecule has 1 aromatic rings. The summed E-state index contributed by atoms with van der Waals surface area (Å²) in [5.41, 5.74) is 1.88. The van der Waals surface area contributed by atoms with E-state index in [1.165, 1.54) is 44.9 Å². The van der Waals surface area contributed by atoms with Crippen LogP contribution in [0.25, 0.3) is 0 Å². The fourth-order valence-electron chi connectivity index (χ4n) is 2.36. The van der Waals surface area contributed by atoms with E-state index in [4.69, 9.17) is 0 Å². The number of hydrogen-bond donors (Lipinski definition) is 1. The van der Waals surface area contributed by atoms with Crippen LogP contribution < -0.4 is 5.32 Å². The molecule has 2 nitrogen and oxygen atoms in total. The molecule has 0 atom stereocenters. The second kappa shape index (κ2) is 10.8. The van der Waals surface area contributed by atoms with Gasteiger partial charge in [0, 0.05) is 11.0 Å². The van der Waals surface area contributed by atoms with Gasteiger partial charge in [-0.15, -0.1) is 0 Å². The molecule has 0 saturated heterocycles. The second-order valence-electron chi connectivity index (χ2n) is 5.71. The number of amides is 1. The summed E-state index contributed by atoms with van der Waals surface area (Å²) in [6.45, 7) is 5.04. The molecule has 1 N–H and O–H groups in total. The Kier molecular flexibility index (Phi) is 9.40. The summed E-state index contributed by atoms with van der Waals surface area (Å²) in [7, 11) is 0. The van der Waals surface area contributed by atoms with Gasteiger partial charge in [-0.1, -0.05) is 57.9 Å². The topological polar surface area (TPSA) is 29.1 Å². The molecule has 1 amide bonds. The van der Waals surface area contributed by atoms with Crippen LogP contribution >= 0.6 is 15.9 Å². The Balaban J connectivity index is 2.11. The number of aryl methyl sites for hydroxylation is 1. The van der Waals surface area contributed by atoms with E-state index in [1.54, 1.807) is 0 Å². The zero-order valence-electron chi connectivity index (χ0n) is 13.4. The Hall–Kier alpha value is -0.830. The van der Waals surface area contributed by atoms with Crippen molar-refractivity contribution in [2.24, 2.45) is 0 Å². The molecule has 0 radical (unpaired) electrons. The van der Waals surface area contributed by atoms with E-state index in [0.717, 1.165) is 28.6 Å². The van der Waals surface area contributed by atoms with Crippen molar-refractivity contribution < 1.29 is 4.79 Å². The summed E-state index contributed by atoms with van der Waals surface area (Å²) in [6.07, 6.45) is 10.3. The average molecular weight is 354 g/mol. The number of nitrogens with one attached hydrogen (secondary N) is 1. The van der Waals surface area contributed by atoms with Gasteiger partial charge < -0.3 is 5.32 Å². The lowest BCUT2D eigenvalue weighted by Gasteiger charge is -2.07. The van der Waals surface area contributed by atoms with Crippen LogP contribution in [0.2, 0.25) is 0 Å². The molecule has 0 saturated carbocycles. The smallest absolute Gasteiger partial charge is 0.252 e. The molecule has 3 heteroatoms. The minimum Gasteiger partial charge on any atom is -0.352 e. The standard InChI is InChI=1S/C18H28BrNO/c1-3-4-5-6-7-8-9-10-13-20-18(21)16-12-11-15(2)14-17(16)19/h11-12,14H,3-10,13H2,1-2H3,(H,20,21). The first kappa shape index (κ1) is 18.2. The summed E-state index contributed by atoms with van der Waals surface area (Å²) >= 11 is 3.45. The molecule has 0 unspecified atom stereocenters. The van der Waals surface area contributed by atoms with Crippen molar-refractivity contribution in [1.82, 2.24) is 5.32 Å². The Morgan fingerprint density at radius 3 is 2.29 bits per heavy atom. The van der Waals surface area contributed by atoms with Gasteiger partial charge in [0.15, 0.2) is 0 Å². The van der Waals surface area contributed by atoms with Gasteiger partial charge in [0.05, 0.1) is 5.56 Å². The molecule has 0 aromatic heterocycles. The molecule has 0 bridgehead atoms. The van der Waals surface area contributed by atoms with Crippen molar-refractivity contribution >= 4 is 21.8 Å². The van der Waals surface area contributed by atoms with Crippen LogP contribution in [0, 0.1) is 6.92 Å². The monoisotopic (exact) mass is 353 g/mol. The van der Waals surface area contributed by atoms with Gasteiger partial charge in [0.25, 0.3) is 5.91 Å². The van der Waals surface area contributed by atoms with Gasteiger partial charge in [-0.05, 0) is 47.0 Å². The number of rotatable bonds is 10. The molecule has 21 heavy (non-hydrogen) atoms. The lowest BCUT2D eigenvalue weighted by Crippen LogP contribution is -2.24. The van der Waals surface area contributed by atoms with Gasteiger partial charge in [0.2, 0.25) is 0 Å². The summed E-state index contributed by atoms with van der Waals surface area (Å²) in [4.78, 5) is 12.0. The minimum atomic E-state index is 0.0184. The van der Waals surface area contributed by atoms with Crippen LogP contribution in [0.4, 0.5) is 0 Å². The Labute approximate surface area is 137 Å². The van der Waals surface area contributed by atoms with E-state index in [-0.39, 0.29) is 5.91 Å². The lowest BCUT2D eigenvalue weighted by atomic mass is 10.1. The lowest BCUT2D eigenvalue weighted by molar-refractivity contribution is 0.0952. The van der Waals surface area contributed by atoms with Crippen LogP contribution in [0.5, 0.6) is 0 Å². The molecule has 0 spiro atoms. The van der Waals surface area contributed by atoms with E-state index in [0.29, 0.717) is 0 Å². The van der Waals surface area contributed by atoms with E-state index < -0.39 is 0 Å². The number of carbonyl (C=O) groups is 1. The Bertz CT molecular complexity index is 431. The van der Waals surface area contributed by atoms with Gasteiger partial charge in [0.1, 0.15) is 0 Å². The maximum absolute atomic E-state index is 12.0. The second-order valence-corrected chi connectivity index (χ2v) is 6.57. The molecule has 0 aliphatic carbocycles. The van der Waals surface area contributed by atoms with E-state index >= 15 is 0 Å². The van der Waals surface area contributed by atoms with Crippen molar-refractivity contribution in [3.05, 3.63) is 33.8 Å². The molecule has 118 valence electrons. The molecule has 0 aliphatic rings. The molecule has 1 aromatic carbocycles. The molecule has 0 aliphatic heterocycles. The van der Waals surface area contributed by atoms with Gasteiger partial charge >= 0.3 is 0 Å². The van der Waals surface area contributed by atoms with Crippen molar-refractivity contribution in [3.63, 3.8) is 0 Å². The highest BCUT2D eigenvalue weighted by Crippen LogP contribution is 2.18. The highest BCUT2D eigenvalue weighted by atomic mass is 79.9. The number of carbonyl (C=O) groups excluding carboxylic acids is 1. The first-order chi connectivity index (χ1) is 10.1. The number of unbranched alkanes of at least 4 members (excludes halogenated alkanes) is 7. The quantitative estimate of drug-likeness (QED) is 0.542. The highest BCUT2D eigenvalue weighted by molar-refractivity contribution is 9.10. The van der Waals surface area contributed by atoms with Crippen LogP contribution in [0.1, 0.15) is 74.2 Å². The minimum absolute atomic E-state index is 0.0184. The van der Waals surface area contributed by atoms with Crippen LogP contribution in [-0.4, -0.2) is 12.5 Å². The first-order valence-electron chi connectivity index (χ1n) is 8.19. The SMILES string of the molecule is CCCCCCCCCCNC(=O)c1ccc(C)cc1Br. The fourth-order valence-corrected chi connectivity index (χ4v) is 3.03. The first-order valence-corrected chi connectivity index (χ1v) is 8.98. The number of halogens is 1. The third-order valence-corrected chi connectivity index (χ3v) is 4.34. The molecular weight excluding hydrogens is 326 g/mol. The molecule has 0 fully saturated rings. The number of hydrogen-bond acceptors (Lipinski definition) is 1. The van der Waals surface area contributed by atoms with Gasteiger partial charge in [-0.2, -0.15) is 0 Å². The maximum Gasteiger partial charge on any atom is 0.252 e. The van der Waals surface area contributed by atoms with Crippen LogP contribution in [-0.2, 0) is 0 Å². The third-order valence-electron chi connectivity index (χ3n) is 3.69. The predicted octanol–water partition coefficient (Wildman–Crippen LogP) is 5.63. The van der Waals surface area contributed by atoms with Crippen molar-refractivity contribution in [3.8, 4) is 0 Å².